The van der Waals surface area contributed by atoms with E-state index in [-0.39, 0.29) is 0 Å². The molecular weight excluding hydrogens is 422 g/mol. The Morgan fingerprint density at radius 2 is 1.87 bits per heavy atom. The summed E-state index contributed by atoms with van der Waals surface area (Å²) in [6.07, 6.45) is 2.23. The summed E-state index contributed by atoms with van der Waals surface area (Å²) in [5.41, 5.74) is 0.904. The van der Waals surface area contributed by atoms with E-state index in [0.717, 1.165) is 29.4 Å². The molecule has 0 bridgehead atoms. The Morgan fingerprint density at radius 1 is 1.07 bits per heavy atom. The van der Waals surface area contributed by atoms with Crippen molar-refractivity contribution < 1.29 is 9.26 Å². The highest BCUT2D eigenvalue weighted by atomic mass is 35.5. The van der Waals surface area contributed by atoms with E-state index in [0.29, 0.717) is 40.9 Å². The maximum absolute atomic E-state index is 6.18. The molecule has 9 heteroatoms. The highest BCUT2D eigenvalue weighted by molar-refractivity contribution is 7.98. The zero-order chi connectivity index (χ0) is 20.3. The zero-order valence-corrected chi connectivity index (χ0v) is 17.5. The Labute approximate surface area is 182 Å². The number of thioether (sulfide) groups is 1. The third-order valence-corrected chi connectivity index (χ3v) is 5.91. The van der Waals surface area contributed by atoms with Crippen LogP contribution < -0.4 is 4.74 Å². The molecule has 2 aromatic heterocycles. The van der Waals surface area contributed by atoms with Crippen molar-refractivity contribution in [3.63, 3.8) is 0 Å². The molecule has 0 atom stereocenters. The summed E-state index contributed by atoms with van der Waals surface area (Å²) in [5, 5.41) is 14.2. The van der Waals surface area contributed by atoms with Gasteiger partial charge in [0.05, 0.1) is 10.8 Å². The monoisotopic (exact) mass is 439 g/mol. The summed E-state index contributed by atoms with van der Waals surface area (Å²) >= 11 is 7.72. The number of ether oxygens (including phenoxy) is 1. The van der Waals surface area contributed by atoms with Gasteiger partial charge in [0, 0.05) is 11.6 Å². The summed E-state index contributed by atoms with van der Waals surface area (Å²) in [6, 6.07) is 17.6. The first-order valence-electron chi connectivity index (χ1n) is 9.60. The molecule has 0 unspecified atom stereocenters. The van der Waals surface area contributed by atoms with Crippen LogP contribution in [0, 0.1) is 0 Å². The van der Waals surface area contributed by atoms with Gasteiger partial charge in [-0.15, -0.1) is 10.2 Å². The summed E-state index contributed by atoms with van der Waals surface area (Å²) in [5.74, 6) is 3.12. The lowest BCUT2D eigenvalue weighted by Crippen LogP contribution is -2.07. The fraction of sp³-hybridized carbons (Fsp3) is 0.238. The fourth-order valence-electron chi connectivity index (χ4n) is 3.05. The third kappa shape index (κ3) is 4.20. The van der Waals surface area contributed by atoms with Crippen molar-refractivity contribution in [1.82, 2.24) is 24.9 Å². The van der Waals surface area contributed by atoms with E-state index in [2.05, 4.69) is 24.9 Å². The van der Waals surface area contributed by atoms with Crippen LogP contribution in [-0.4, -0.2) is 24.9 Å². The van der Waals surface area contributed by atoms with Crippen LogP contribution in [-0.2, 0) is 12.4 Å². The number of nitrogens with zero attached hydrogens (tertiary/aromatic N) is 5. The molecule has 0 radical (unpaired) electrons. The molecule has 5 rings (SSSR count). The van der Waals surface area contributed by atoms with Crippen molar-refractivity contribution in [1.29, 1.82) is 0 Å². The van der Waals surface area contributed by atoms with Crippen LogP contribution in [0.4, 0.5) is 0 Å². The standard InChI is InChI=1S/C21H18ClN5O2S/c22-16-8-4-5-9-17(16)28-12-19-24-25-21(27(19)15-10-11-15)30-13-18-23-20(29-26-18)14-6-2-1-3-7-14/h1-9,15H,10-13H2. The van der Waals surface area contributed by atoms with Crippen molar-refractivity contribution >= 4 is 23.4 Å². The van der Waals surface area contributed by atoms with Crippen LogP contribution in [0.2, 0.25) is 5.02 Å². The van der Waals surface area contributed by atoms with Gasteiger partial charge < -0.3 is 9.26 Å². The van der Waals surface area contributed by atoms with Crippen molar-refractivity contribution in [3.8, 4) is 17.2 Å². The predicted molar refractivity (Wildman–Crippen MR) is 113 cm³/mol. The molecule has 0 amide bonds. The summed E-state index contributed by atoms with van der Waals surface area (Å²) < 4.78 is 13.4. The number of hydrogen-bond donors (Lipinski definition) is 0. The number of halogens is 1. The minimum absolute atomic E-state index is 0.314. The lowest BCUT2D eigenvalue weighted by atomic mass is 10.2. The van der Waals surface area contributed by atoms with Crippen LogP contribution in [0.1, 0.15) is 30.5 Å². The Balaban J connectivity index is 1.27. The average molecular weight is 440 g/mol. The Kier molecular flexibility index (Phi) is 5.42. The van der Waals surface area contributed by atoms with E-state index in [1.54, 1.807) is 17.8 Å². The quantitative estimate of drug-likeness (QED) is 0.349. The van der Waals surface area contributed by atoms with Crippen LogP contribution in [0.5, 0.6) is 5.75 Å². The summed E-state index contributed by atoms with van der Waals surface area (Å²) in [6.45, 7) is 0.314. The van der Waals surface area contributed by atoms with E-state index < -0.39 is 0 Å². The lowest BCUT2D eigenvalue weighted by molar-refractivity contribution is 0.288. The molecule has 1 fully saturated rings. The zero-order valence-electron chi connectivity index (χ0n) is 15.9. The van der Waals surface area contributed by atoms with E-state index in [1.807, 2.05) is 48.5 Å². The van der Waals surface area contributed by atoms with Gasteiger partial charge in [0.15, 0.2) is 16.8 Å². The Morgan fingerprint density at radius 3 is 2.67 bits per heavy atom. The van der Waals surface area contributed by atoms with Crippen molar-refractivity contribution in [2.45, 2.75) is 36.4 Å². The van der Waals surface area contributed by atoms with Crippen LogP contribution in [0.3, 0.4) is 0 Å². The first-order chi connectivity index (χ1) is 14.8. The van der Waals surface area contributed by atoms with Crippen LogP contribution >= 0.6 is 23.4 Å². The molecule has 4 aromatic rings. The van der Waals surface area contributed by atoms with E-state index >= 15 is 0 Å². The minimum Gasteiger partial charge on any atom is -0.484 e. The number of rotatable bonds is 8. The number of benzene rings is 2. The van der Waals surface area contributed by atoms with Gasteiger partial charge in [0.2, 0.25) is 0 Å². The van der Waals surface area contributed by atoms with Gasteiger partial charge in [-0.1, -0.05) is 58.9 Å². The third-order valence-electron chi connectivity index (χ3n) is 4.66. The molecule has 1 saturated carbocycles. The first kappa shape index (κ1) is 19.1. The smallest absolute Gasteiger partial charge is 0.257 e. The summed E-state index contributed by atoms with van der Waals surface area (Å²) in [4.78, 5) is 4.48. The topological polar surface area (TPSA) is 78.9 Å². The highest BCUT2D eigenvalue weighted by Crippen LogP contribution is 2.39. The second-order valence-electron chi connectivity index (χ2n) is 6.89. The van der Waals surface area contributed by atoms with Crippen molar-refractivity contribution in [2.75, 3.05) is 0 Å². The van der Waals surface area contributed by atoms with Gasteiger partial charge in [-0.05, 0) is 37.1 Å². The van der Waals surface area contributed by atoms with Crippen LogP contribution in [0.15, 0.2) is 64.3 Å². The molecule has 1 aliphatic rings. The lowest BCUT2D eigenvalue weighted by Gasteiger charge is -2.10. The molecule has 30 heavy (non-hydrogen) atoms. The molecule has 0 saturated heterocycles. The van der Waals surface area contributed by atoms with E-state index in [9.17, 15) is 0 Å². The van der Waals surface area contributed by atoms with Crippen molar-refractivity contribution in [2.24, 2.45) is 0 Å². The Bertz CT molecular complexity index is 1140. The van der Waals surface area contributed by atoms with Gasteiger partial charge in [0.25, 0.3) is 5.89 Å². The number of aromatic nitrogens is 5. The molecule has 1 aliphatic carbocycles. The van der Waals surface area contributed by atoms with Crippen LogP contribution in [0.25, 0.3) is 11.5 Å². The Hall–Kier alpha value is -2.84. The molecule has 0 spiro atoms. The van der Waals surface area contributed by atoms with Gasteiger partial charge in [-0.2, -0.15) is 4.98 Å². The van der Waals surface area contributed by atoms with Gasteiger partial charge in [-0.25, -0.2) is 0 Å². The van der Waals surface area contributed by atoms with Crippen molar-refractivity contribution in [3.05, 3.63) is 71.3 Å². The molecule has 7 nitrogen and oxygen atoms in total. The fourth-order valence-corrected chi connectivity index (χ4v) is 4.11. The van der Waals surface area contributed by atoms with Gasteiger partial charge in [-0.3, -0.25) is 4.57 Å². The second kappa shape index (κ2) is 8.49. The molecule has 2 heterocycles. The largest absolute Gasteiger partial charge is 0.484 e. The van der Waals surface area contributed by atoms with Gasteiger partial charge in [0.1, 0.15) is 12.4 Å². The van der Waals surface area contributed by atoms with Gasteiger partial charge >= 0.3 is 0 Å². The van der Waals surface area contributed by atoms with E-state index in [4.69, 9.17) is 20.9 Å². The number of para-hydroxylation sites is 1. The maximum atomic E-state index is 6.18. The minimum atomic E-state index is 0.314. The number of hydrogen-bond acceptors (Lipinski definition) is 7. The SMILES string of the molecule is Clc1ccccc1OCc1nnc(SCc2noc(-c3ccccc3)n2)n1C1CC1. The maximum Gasteiger partial charge on any atom is 0.257 e. The van der Waals surface area contributed by atoms with E-state index in [1.165, 1.54) is 0 Å². The molecule has 2 aromatic carbocycles. The molecule has 0 N–H and O–H groups in total. The second-order valence-corrected chi connectivity index (χ2v) is 8.24. The predicted octanol–water partition coefficient (Wildman–Crippen LogP) is 5.19. The molecular formula is C21H18ClN5O2S. The average Bonchev–Trinajstić information content (AvgIpc) is 3.36. The normalized spacial score (nSPS) is 13.5. The summed E-state index contributed by atoms with van der Waals surface area (Å²) in [7, 11) is 0. The molecule has 152 valence electrons. The highest BCUT2D eigenvalue weighted by Gasteiger charge is 2.30. The first-order valence-corrected chi connectivity index (χ1v) is 11.0. The molecule has 0 aliphatic heterocycles.